The molecule has 1 aromatic heterocycles. The van der Waals surface area contributed by atoms with Crippen molar-refractivity contribution < 1.29 is 27.1 Å². The van der Waals surface area contributed by atoms with Crippen LogP contribution in [0.3, 0.4) is 0 Å². The summed E-state index contributed by atoms with van der Waals surface area (Å²) < 4.78 is 58.1. The van der Waals surface area contributed by atoms with Crippen LogP contribution in [-0.2, 0) is 17.9 Å². The molecular weight excluding hydrogens is 502 g/mol. The van der Waals surface area contributed by atoms with Crippen LogP contribution in [-0.4, -0.2) is 45.9 Å². The Morgan fingerprint density at radius 1 is 1.18 bits per heavy atom. The third-order valence-corrected chi connectivity index (χ3v) is 6.47. The third-order valence-electron chi connectivity index (χ3n) is 6.47. The third kappa shape index (κ3) is 6.69. The van der Waals surface area contributed by atoms with Gasteiger partial charge in [0.05, 0.1) is 24.1 Å². The maximum absolute atomic E-state index is 14.1. The number of imidazole rings is 1. The first-order valence-electron chi connectivity index (χ1n) is 12.2. The number of carbonyl (C=O) groups excluding carboxylic acids is 1. The molecule has 1 fully saturated rings. The smallest absolute Gasteiger partial charge is 0.406 e. The Labute approximate surface area is 217 Å². The molecule has 1 atom stereocenters. The Bertz CT molecular complexity index is 1320. The van der Waals surface area contributed by atoms with E-state index in [0.29, 0.717) is 30.9 Å². The summed E-state index contributed by atoms with van der Waals surface area (Å²) >= 11 is 0. The largest absolute Gasteiger partial charge is 0.573 e. The molecule has 4 rings (SSSR count). The molecule has 0 aliphatic carbocycles. The van der Waals surface area contributed by atoms with Crippen LogP contribution in [0, 0.1) is 17.1 Å². The van der Waals surface area contributed by atoms with Crippen LogP contribution in [0.5, 0.6) is 5.75 Å². The zero-order valence-corrected chi connectivity index (χ0v) is 20.8. The maximum Gasteiger partial charge on any atom is 0.573 e. The van der Waals surface area contributed by atoms with E-state index in [1.54, 1.807) is 24.7 Å². The van der Waals surface area contributed by atoms with Gasteiger partial charge >= 0.3 is 6.36 Å². The predicted octanol–water partition coefficient (Wildman–Crippen LogP) is 5.25. The topological polar surface area (TPSA) is 74.4 Å². The average Bonchev–Trinajstić information content (AvgIpc) is 3.29. The van der Waals surface area contributed by atoms with Crippen molar-refractivity contribution in [2.75, 3.05) is 18.0 Å². The molecule has 200 valence electrons. The summed E-state index contributed by atoms with van der Waals surface area (Å²) in [6, 6.07) is 11.7. The fourth-order valence-corrected chi connectivity index (χ4v) is 4.59. The van der Waals surface area contributed by atoms with Gasteiger partial charge in [-0.2, -0.15) is 5.26 Å². The normalized spacial score (nSPS) is 16.5. The molecule has 1 amide bonds. The first kappa shape index (κ1) is 27.1. The van der Waals surface area contributed by atoms with Crippen molar-refractivity contribution in [3.63, 3.8) is 0 Å². The van der Waals surface area contributed by atoms with Crippen molar-refractivity contribution in [2.45, 2.75) is 51.7 Å². The van der Waals surface area contributed by atoms with Gasteiger partial charge in [-0.1, -0.05) is 31.9 Å². The number of ether oxygens (including phenoxy) is 1. The van der Waals surface area contributed by atoms with Crippen molar-refractivity contribution in [3.8, 4) is 11.8 Å². The van der Waals surface area contributed by atoms with E-state index in [2.05, 4.69) is 21.5 Å². The summed E-state index contributed by atoms with van der Waals surface area (Å²) in [6.07, 6.45) is 1.19. The summed E-state index contributed by atoms with van der Waals surface area (Å²) in [4.78, 5) is 21.0. The molecule has 2 heterocycles. The maximum atomic E-state index is 14.1. The molecule has 1 unspecified atom stereocenters. The highest BCUT2D eigenvalue weighted by atomic mass is 19.4. The van der Waals surface area contributed by atoms with E-state index in [0.717, 1.165) is 25.0 Å². The van der Waals surface area contributed by atoms with E-state index in [1.165, 1.54) is 35.2 Å². The lowest BCUT2D eigenvalue weighted by molar-refractivity contribution is -0.274. The van der Waals surface area contributed by atoms with E-state index >= 15 is 0 Å². The molecule has 11 heteroatoms. The van der Waals surface area contributed by atoms with Gasteiger partial charge in [-0.3, -0.25) is 9.69 Å². The fraction of sp³-hybridized carbons (Fsp3) is 0.370. The van der Waals surface area contributed by atoms with Crippen LogP contribution < -0.4 is 9.64 Å². The highest BCUT2D eigenvalue weighted by molar-refractivity contribution is 5.95. The first-order valence-corrected chi connectivity index (χ1v) is 12.2. The van der Waals surface area contributed by atoms with E-state index in [4.69, 9.17) is 5.26 Å². The van der Waals surface area contributed by atoms with Gasteiger partial charge in [-0.25, -0.2) is 9.37 Å². The zero-order valence-electron chi connectivity index (χ0n) is 20.8. The van der Waals surface area contributed by atoms with Gasteiger partial charge in [-0.15, -0.1) is 13.2 Å². The number of alkyl halides is 3. The van der Waals surface area contributed by atoms with Crippen LogP contribution in [0.4, 0.5) is 23.2 Å². The molecule has 0 spiro atoms. The summed E-state index contributed by atoms with van der Waals surface area (Å²) in [7, 11) is 0. The molecule has 0 saturated carbocycles. The molecule has 38 heavy (non-hydrogen) atoms. The van der Waals surface area contributed by atoms with Crippen LogP contribution >= 0.6 is 0 Å². The van der Waals surface area contributed by atoms with Gasteiger partial charge in [0, 0.05) is 43.6 Å². The van der Waals surface area contributed by atoms with Crippen molar-refractivity contribution >= 4 is 11.6 Å². The summed E-state index contributed by atoms with van der Waals surface area (Å²) in [5, 5.41) is 8.96. The molecule has 0 bridgehead atoms. The molecule has 1 saturated heterocycles. The van der Waals surface area contributed by atoms with Gasteiger partial charge in [0.2, 0.25) is 5.91 Å². The molecule has 1 aliphatic rings. The second kappa shape index (κ2) is 11.6. The minimum atomic E-state index is -4.82. The van der Waals surface area contributed by atoms with E-state index < -0.39 is 12.2 Å². The second-order valence-electron chi connectivity index (χ2n) is 9.19. The SMILES string of the molecule is CCCCC1CN(c2cccc(OC(F)(F)F)c2)C(=O)CN1Cc1cncn1Cc1ccc(C#N)c(F)c1. The van der Waals surface area contributed by atoms with Gasteiger partial charge < -0.3 is 14.2 Å². The highest BCUT2D eigenvalue weighted by Gasteiger charge is 2.34. The first-order chi connectivity index (χ1) is 18.2. The predicted molar refractivity (Wildman–Crippen MR) is 132 cm³/mol. The number of nitrogens with zero attached hydrogens (tertiary/aromatic N) is 5. The van der Waals surface area contributed by atoms with Gasteiger partial charge in [0.1, 0.15) is 17.6 Å². The number of hydrogen-bond acceptors (Lipinski definition) is 5. The molecular formula is C27H27F4N5O2. The number of carbonyl (C=O) groups is 1. The molecule has 0 radical (unpaired) electrons. The Balaban J connectivity index is 1.51. The van der Waals surface area contributed by atoms with E-state index in [1.807, 2.05) is 10.6 Å². The number of anilines is 1. The van der Waals surface area contributed by atoms with Gasteiger partial charge in [0.15, 0.2) is 0 Å². The fourth-order valence-electron chi connectivity index (χ4n) is 4.59. The lowest BCUT2D eigenvalue weighted by Gasteiger charge is -2.41. The lowest BCUT2D eigenvalue weighted by Crippen LogP contribution is -2.56. The average molecular weight is 530 g/mol. The van der Waals surface area contributed by atoms with E-state index in [9.17, 15) is 22.4 Å². The van der Waals surface area contributed by atoms with Crippen molar-refractivity contribution in [1.82, 2.24) is 14.5 Å². The molecule has 0 N–H and O–H groups in total. The van der Waals surface area contributed by atoms with E-state index in [-0.39, 0.29) is 29.8 Å². The highest BCUT2D eigenvalue weighted by Crippen LogP contribution is 2.29. The molecule has 1 aliphatic heterocycles. The number of halogens is 4. The molecule has 7 nitrogen and oxygen atoms in total. The Kier molecular flexibility index (Phi) is 8.32. The van der Waals surface area contributed by atoms with Crippen molar-refractivity contribution in [2.24, 2.45) is 0 Å². The Morgan fingerprint density at radius 3 is 2.71 bits per heavy atom. The monoisotopic (exact) mass is 529 g/mol. The number of piperazine rings is 1. The lowest BCUT2D eigenvalue weighted by atomic mass is 10.0. The minimum Gasteiger partial charge on any atom is -0.406 e. The van der Waals surface area contributed by atoms with Crippen LogP contribution in [0.15, 0.2) is 55.0 Å². The number of benzene rings is 2. The molecule has 3 aromatic rings. The van der Waals surface area contributed by atoms with Crippen LogP contribution in [0.1, 0.15) is 43.0 Å². The van der Waals surface area contributed by atoms with Crippen LogP contribution in [0.2, 0.25) is 0 Å². The van der Waals surface area contributed by atoms with Gasteiger partial charge in [-0.05, 0) is 36.2 Å². The van der Waals surface area contributed by atoms with Crippen LogP contribution in [0.25, 0.3) is 0 Å². The Morgan fingerprint density at radius 2 is 2.00 bits per heavy atom. The van der Waals surface area contributed by atoms with Gasteiger partial charge in [0.25, 0.3) is 0 Å². The van der Waals surface area contributed by atoms with Crippen molar-refractivity contribution in [3.05, 3.63) is 77.6 Å². The minimum absolute atomic E-state index is 0.0229. The Hall–Kier alpha value is -3.91. The summed E-state index contributed by atoms with van der Waals surface area (Å²) in [6.45, 7) is 3.24. The summed E-state index contributed by atoms with van der Waals surface area (Å²) in [5.74, 6) is -1.20. The number of unbranched alkanes of at least 4 members (excludes halogenated alkanes) is 1. The number of aromatic nitrogens is 2. The number of rotatable bonds is 9. The standard InChI is InChI=1S/C27H27F4N5O2/c1-2-3-5-22-16-36(21-6-4-7-24(11-21)38-27(29,30)31)26(37)17-34(22)15-23-13-33-18-35(23)14-19-8-9-20(12-32)25(28)10-19/h4,6-11,13,18,22H,2-3,5,14-17H2,1H3. The molecule has 2 aromatic carbocycles. The number of hydrogen-bond donors (Lipinski definition) is 0. The zero-order chi connectivity index (χ0) is 27.3. The quantitative estimate of drug-likeness (QED) is 0.354. The summed E-state index contributed by atoms with van der Waals surface area (Å²) in [5.41, 5.74) is 1.83. The number of nitriles is 1. The number of amides is 1. The van der Waals surface area contributed by atoms with Crippen molar-refractivity contribution in [1.29, 1.82) is 5.26 Å². The second-order valence-corrected chi connectivity index (χ2v) is 9.19.